The van der Waals surface area contributed by atoms with E-state index in [0.717, 1.165) is 16.7 Å². The third kappa shape index (κ3) is 10.1. The smallest absolute Gasteiger partial charge is 0.418 e. The van der Waals surface area contributed by atoms with E-state index in [1.807, 2.05) is 48.5 Å². The number of ether oxygens (including phenoxy) is 5. The van der Waals surface area contributed by atoms with Crippen LogP contribution in [0.1, 0.15) is 64.9 Å². The molecule has 0 radical (unpaired) electrons. The molecule has 21 heteroatoms. The lowest BCUT2D eigenvalue weighted by Gasteiger charge is -2.32. The molecular weight excluding hydrogens is 1020 g/mol. The summed E-state index contributed by atoms with van der Waals surface area (Å²) in [5.74, 6) is -2.46. The van der Waals surface area contributed by atoms with Crippen LogP contribution < -0.4 is 34.5 Å². The van der Waals surface area contributed by atoms with Gasteiger partial charge in [0, 0.05) is 51.0 Å². The van der Waals surface area contributed by atoms with Crippen molar-refractivity contribution in [3.05, 3.63) is 153 Å². The summed E-state index contributed by atoms with van der Waals surface area (Å²) in [6, 6.07) is 21.9. The highest BCUT2D eigenvalue weighted by Gasteiger charge is 2.73. The van der Waals surface area contributed by atoms with Crippen LogP contribution in [0.2, 0.25) is 5.02 Å². The number of likely N-dealkylation sites (tertiary alicyclic amines) is 1. The highest BCUT2D eigenvalue weighted by Crippen LogP contribution is 2.66. The minimum atomic E-state index is -5.05. The molecule has 1 aliphatic carbocycles. The normalized spacial score (nSPS) is 18.9. The van der Waals surface area contributed by atoms with E-state index in [4.69, 9.17) is 50.2 Å². The van der Waals surface area contributed by atoms with Gasteiger partial charge in [-0.05, 0) is 92.0 Å². The van der Waals surface area contributed by atoms with Crippen molar-refractivity contribution in [2.24, 2.45) is 10.4 Å². The number of alkyl halides is 5. The summed E-state index contributed by atoms with van der Waals surface area (Å²) in [5.41, 5.74) is -1.23. The molecule has 1 saturated heterocycles. The molecule has 4 aliphatic rings. The number of amidine groups is 1. The second kappa shape index (κ2) is 20.6. The molecule has 398 valence electrons. The number of nitrogens with one attached hydrogen (secondary N) is 2. The first-order valence-electron chi connectivity index (χ1n) is 24.4. The van der Waals surface area contributed by atoms with E-state index in [9.17, 15) is 8.78 Å². The maximum atomic E-state index is 18.3. The first kappa shape index (κ1) is 52.0. The van der Waals surface area contributed by atoms with Crippen molar-refractivity contribution in [3.63, 3.8) is 0 Å². The second-order valence-electron chi connectivity index (χ2n) is 19.3. The zero-order chi connectivity index (χ0) is 53.7. The Morgan fingerprint density at radius 2 is 1.49 bits per heavy atom. The van der Waals surface area contributed by atoms with Crippen molar-refractivity contribution in [2.45, 2.75) is 70.5 Å². The third-order valence-corrected chi connectivity index (χ3v) is 14.8. The molecule has 0 bridgehead atoms. The van der Waals surface area contributed by atoms with Gasteiger partial charge in [-0.1, -0.05) is 48.0 Å². The number of aryl methyl sites for hydroxylation is 1. The molecule has 2 N–H and O–H groups in total. The number of hydrogen-bond acceptors (Lipinski definition) is 14. The molecule has 2 fully saturated rings. The van der Waals surface area contributed by atoms with Gasteiger partial charge in [0.05, 0.1) is 72.1 Å². The number of anilines is 3. The zero-order valence-corrected chi connectivity index (χ0v) is 43.1. The lowest BCUT2D eigenvalue weighted by molar-refractivity contribution is -0.137. The number of methoxy groups -OCH3 is 3. The molecule has 0 amide bonds. The Hall–Kier alpha value is -7.45. The monoisotopic (exact) mass is 1070 g/mol. The Bertz CT molecular complexity index is 3150. The van der Waals surface area contributed by atoms with Gasteiger partial charge in [0.2, 0.25) is 0 Å². The third-order valence-electron chi connectivity index (χ3n) is 14.4. The predicted octanol–water partition coefficient (Wildman–Crippen LogP) is 11.6. The molecule has 10 rings (SSSR count). The number of nitrogens with zero attached hydrogens (tertiary/aromatic N) is 7. The molecule has 3 atom stereocenters. The number of benzene rings is 4. The van der Waals surface area contributed by atoms with Gasteiger partial charge in [0.15, 0.2) is 11.6 Å². The predicted molar refractivity (Wildman–Crippen MR) is 276 cm³/mol. The number of aliphatic imine (C=N–C) groups is 1. The van der Waals surface area contributed by atoms with Crippen LogP contribution in [0.25, 0.3) is 11.3 Å². The lowest BCUT2D eigenvalue weighted by atomic mass is 9.96. The van der Waals surface area contributed by atoms with Crippen LogP contribution >= 0.6 is 11.6 Å². The summed E-state index contributed by atoms with van der Waals surface area (Å²) in [7, 11) is 6.40. The zero-order valence-electron chi connectivity index (χ0n) is 42.4. The van der Waals surface area contributed by atoms with Gasteiger partial charge in [-0.25, -0.2) is 28.1 Å². The van der Waals surface area contributed by atoms with E-state index in [0.29, 0.717) is 35.3 Å². The van der Waals surface area contributed by atoms with Gasteiger partial charge in [-0.2, -0.15) is 13.2 Å². The summed E-state index contributed by atoms with van der Waals surface area (Å²) in [6.07, 6.45) is -0.673. The van der Waals surface area contributed by atoms with Gasteiger partial charge in [0.1, 0.15) is 53.7 Å². The largest absolute Gasteiger partial charge is 0.497 e. The van der Waals surface area contributed by atoms with E-state index in [1.54, 1.807) is 74.3 Å². The van der Waals surface area contributed by atoms with Gasteiger partial charge in [-0.15, -0.1) is 0 Å². The molecule has 6 aromatic rings. The number of likely N-dealkylation sites (N-methyl/N-ethyl adjacent to an activating group) is 1. The van der Waals surface area contributed by atoms with E-state index in [1.165, 1.54) is 31.6 Å². The molecule has 1 spiro atoms. The molecule has 3 aliphatic heterocycles. The topological polar surface area (TPSA) is 131 Å². The number of pyridine rings is 1. The van der Waals surface area contributed by atoms with Crippen molar-refractivity contribution in [3.8, 4) is 34.3 Å². The Kier molecular flexibility index (Phi) is 14.1. The van der Waals surface area contributed by atoms with Crippen LogP contribution in [-0.2, 0) is 30.5 Å². The minimum Gasteiger partial charge on any atom is -0.497 e. The van der Waals surface area contributed by atoms with Crippen molar-refractivity contribution in [2.75, 3.05) is 63.7 Å². The van der Waals surface area contributed by atoms with Gasteiger partial charge < -0.3 is 44.1 Å². The highest BCUT2D eigenvalue weighted by molar-refractivity contribution is 6.37. The van der Waals surface area contributed by atoms with E-state index in [-0.39, 0.29) is 80.2 Å². The second-order valence-corrected chi connectivity index (χ2v) is 19.7. The number of aromatic nitrogens is 3. The van der Waals surface area contributed by atoms with Crippen molar-refractivity contribution in [1.29, 1.82) is 0 Å². The summed E-state index contributed by atoms with van der Waals surface area (Å²) in [6.45, 7) is 3.62. The van der Waals surface area contributed by atoms with Crippen LogP contribution in [0.3, 0.4) is 0 Å². The standard InChI is InChI=1S/C55H54ClF6N9O5/c1-31-21-40(70(24-34-9-15-38(73-5)16-10-34)25-35-11-17-39(74-6)18-12-35)68-48(44(31)55(60,61)62)42-45(56)49-43-50(46(42)57)76-41(75-27-36-22-53(29-69(36)3)28-54(53,58)59)26-71(52(43)67-30-66-49)32(2)47-51(64-20-19-63-47)65-23-33-7-13-37(72-4)14-8-33/h7-21,26,32,36,66H,22-25,27-30H2,1-6H3,(H,64,65)/t32?,36-,53+/m0/s1. The van der Waals surface area contributed by atoms with Gasteiger partial charge in [0.25, 0.3) is 5.92 Å². The molecule has 1 saturated carbocycles. The molecule has 76 heavy (non-hydrogen) atoms. The quantitative estimate of drug-likeness (QED) is 0.0841. The van der Waals surface area contributed by atoms with Crippen LogP contribution in [0.4, 0.5) is 43.7 Å². The summed E-state index contributed by atoms with van der Waals surface area (Å²) < 4.78 is 123. The van der Waals surface area contributed by atoms with E-state index >= 15 is 17.6 Å². The SMILES string of the molecule is COc1ccc(CNc2nccnc2C(C)N2C=C(OC[C@@H]3C[C@]4(CN3C)CC4(F)F)Oc3c(F)c(-c4nc(N(Cc5ccc(OC)cc5)Cc5ccc(OC)cc5)cc(C)c4C(F)(F)F)c(Cl)c4c3C2=NCN4)cc1. The highest BCUT2D eigenvalue weighted by atomic mass is 35.5. The van der Waals surface area contributed by atoms with Crippen LogP contribution in [0.15, 0.2) is 108 Å². The maximum absolute atomic E-state index is 18.3. The molecule has 1 unspecified atom stereocenters. The summed E-state index contributed by atoms with van der Waals surface area (Å²) in [5, 5.41) is 6.02. The van der Waals surface area contributed by atoms with E-state index in [2.05, 4.69) is 15.6 Å². The first-order valence-corrected chi connectivity index (χ1v) is 24.8. The average Bonchev–Trinajstić information content (AvgIpc) is 3.89. The molecule has 5 heterocycles. The fourth-order valence-corrected chi connectivity index (χ4v) is 10.6. The molecule has 14 nitrogen and oxygen atoms in total. The Morgan fingerprint density at radius 1 is 0.895 bits per heavy atom. The van der Waals surface area contributed by atoms with Crippen LogP contribution in [-0.4, -0.2) is 90.7 Å². The van der Waals surface area contributed by atoms with Crippen LogP contribution in [0, 0.1) is 18.2 Å². The molecule has 4 aromatic carbocycles. The molecule has 2 aromatic heterocycles. The number of rotatable bonds is 17. The molecular formula is C55H54ClF6N9O5. The van der Waals surface area contributed by atoms with Crippen molar-refractivity contribution < 1.29 is 50.0 Å². The number of halogens is 7. The summed E-state index contributed by atoms with van der Waals surface area (Å²) >= 11 is 7.27. The maximum Gasteiger partial charge on any atom is 0.418 e. The Balaban J connectivity index is 1.09. The fraction of sp³-hybridized carbons (Fsp3) is 0.345. The van der Waals surface area contributed by atoms with Gasteiger partial charge >= 0.3 is 12.1 Å². The van der Waals surface area contributed by atoms with Crippen molar-refractivity contribution in [1.82, 2.24) is 24.8 Å². The first-order chi connectivity index (χ1) is 36.4. The summed E-state index contributed by atoms with van der Waals surface area (Å²) in [4.78, 5) is 24.0. The van der Waals surface area contributed by atoms with Crippen LogP contribution in [0.5, 0.6) is 23.0 Å². The van der Waals surface area contributed by atoms with Gasteiger partial charge in [-0.3, -0.25) is 9.88 Å². The van der Waals surface area contributed by atoms with E-state index < -0.39 is 63.0 Å². The lowest BCUT2D eigenvalue weighted by Crippen LogP contribution is -2.34. The Morgan fingerprint density at radius 3 is 2.05 bits per heavy atom. The Labute approximate surface area is 440 Å². The van der Waals surface area contributed by atoms with Crippen molar-refractivity contribution >= 4 is 34.8 Å². The minimum absolute atomic E-state index is 0.0154. The fourth-order valence-electron chi connectivity index (χ4n) is 10.2. The number of hydrogen-bond donors (Lipinski definition) is 2. The average molecular weight is 1070 g/mol.